The number of nitrogens with zero attached hydrogens (tertiary/aromatic N) is 1. The molecule has 0 aliphatic heterocycles. The smallest absolute Gasteiger partial charge is 0.136 e. The number of anilines is 1. The van der Waals surface area contributed by atoms with Crippen LogP contribution in [0.15, 0.2) is 89.3 Å². The first-order valence-electron chi connectivity index (χ1n) is 8.62. The van der Waals surface area contributed by atoms with Crippen molar-refractivity contribution in [3.63, 3.8) is 0 Å². The third-order valence-electron chi connectivity index (χ3n) is 4.49. The van der Waals surface area contributed by atoms with Gasteiger partial charge in [0.2, 0.25) is 0 Å². The summed E-state index contributed by atoms with van der Waals surface area (Å²) in [6, 6.07) is 29.5. The molecule has 0 N–H and O–H groups in total. The predicted octanol–water partition coefficient (Wildman–Crippen LogP) is 5.95. The van der Waals surface area contributed by atoms with Gasteiger partial charge in [-0.25, -0.2) is 0 Å². The summed E-state index contributed by atoms with van der Waals surface area (Å²) in [7, 11) is 0. The molecule has 0 unspecified atom stereocenters. The van der Waals surface area contributed by atoms with Gasteiger partial charge >= 0.3 is 0 Å². The Labute approximate surface area is 148 Å². The van der Waals surface area contributed by atoms with Crippen molar-refractivity contribution in [1.82, 2.24) is 0 Å². The molecule has 0 aliphatic carbocycles. The fourth-order valence-corrected chi connectivity index (χ4v) is 3.37. The Morgan fingerprint density at radius 2 is 1.20 bits per heavy atom. The van der Waals surface area contributed by atoms with Crippen LogP contribution in [0.5, 0.6) is 0 Å². The van der Waals surface area contributed by atoms with Crippen molar-refractivity contribution in [2.45, 2.75) is 20.0 Å². The Morgan fingerprint density at radius 1 is 0.680 bits per heavy atom. The second kappa shape index (κ2) is 6.86. The minimum atomic E-state index is 0.847. The molecule has 2 heteroatoms. The van der Waals surface area contributed by atoms with Gasteiger partial charge in [0.1, 0.15) is 11.3 Å². The standard InChI is InChI=1S/C23H21NO/c1-18-23(21-14-8-9-15-22(21)25-18)24(16-19-10-4-2-5-11-19)17-20-12-6-3-7-13-20/h2-15H,16-17H2,1H3. The van der Waals surface area contributed by atoms with E-state index in [0.717, 1.165) is 24.4 Å². The van der Waals surface area contributed by atoms with Crippen LogP contribution in [0.3, 0.4) is 0 Å². The quantitative estimate of drug-likeness (QED) is 0.450. The summed E-state index contributed by atoms with van der Waals surface area (Å²) < 4.78 is 6.01. The highest BCUT2D eigenvalue weighted by atomic mass is 16.3. The molecule has 3 aromatic carbocycles. The second-order valence-electron chi connectivity index (χ2n) is 6.33. The first kappa shape index (κ1) is 15.5. The number of aryl methyl sites for hydroxylation is 1. The van der Waals surface area contributed by atoms with Gasteiger partial charge in [0, 0.05) is 18.5 Å². The van der Waals surface area contributed by atoms with Gasteiger partial charge < -0.3 is 9.32 Å². The first-order valence-corrected chi connectivity index (χ1v) is 8.62. The van der Waals surface area contributed by atoms with Gasteiger partial charge in [-0.1, -0.05) is 72.8 Å². The van der Waals surface area contributed by atoms with Crippen LogP contribution < -0.4 is 4.90 Å². The van der Waals surface area contributed by atoms with Crippen LogP contribution >= 0.6 is 0 Å². The number of para-hydroxylation sites is 1. The molecule has 0 amide bonds. The zero-order chi connectivity index (χ0) is 17.1. The molecule has 1 heterocycles. The minimum Gasteiger partial charge on any atom is -0.459 e. The molecule has 0 atom stereocenters. The number of fused-ring (bicyclic) bond motifs is 1. The van der Waals surface area contributed by atoms with E-state index in [1.807, 2.05) is 12.1 Å². The van der Waals surface area contributed by atoms with Crippen molar-refractivity contribution in [2.75, 3.05) is 4.90 Å². The Kier molecular flexibility index (Phi) is 4.26. The Hall–Kier alpha value is -3.00. The summed E-state index contributed by atoms with van der Waals surface area (Å²) in [6.45, 7) is 3.75. The average Bonchev–Trinajstić information content (AvgIpc) is 2.98. The molecule has 0 bridgehead atoms. The van der Waals surface area contributed by atoms with E-state index in [1.165, 1.54) is 22.2 Å². The summed E-state index contributed by atoms with van der Waals surface area (Å²) in [5.41, 5.74) is 4.72. The minimum absolute atomic E-state index is 0.847. The molecule has 124 valence electrons. The maximum absolute atomic E-state index is 6.01. The summed E-state index contributed by atoms with van der Waals surface area (Å²) in [5, 5.41) is 1.17. The Bertz CT molecular complexity index is 916. The zero-order valence-electron chi connectivity index (χ0n) is 14.4. The normalized spacial score (nSPS) is 10.9. The maximum atomic E-state index is 6.01. The Balaban J connectivity index is 1.77. The van der Waals surface area contributed by atoms with E-state index in [-0.39, 0.29) is 0 Å². The zero-order valence-corrected chi connectivity index (χ0v) is 14.4. The van der Waals surface area contributed by atoms with E-state index in [4.69, 9.17) is 4.42 Å². The average molecular weight is 327 g/mol. The molecule has 0 saturated heterocycles. The summed E-state index contributed by atoms with van der Waals surface area (Å²) in [4.78, 5) is 2.41. The fourth-order valence-electron chi connectivity index (χ4n) is 3.37. The third-order valence-corrected chi connectivity index (χ3v) is 4.49. The maximum Gasteiger partial charge on any atom is 0.136 e. The summed E-state index contributed by atoms with van der Waals surface area (Å²) in [6.07, 6.45) is 0. The van der Waals surface area contributed by atoms with E-state index >= 15 is 0 Å². The highest BCUT2D eigenvalue weighted by Crippen LogP contribution is 2.35. The molecule has 4 rings (SSSR count). The van der Waals surface area contributed by atoms with Gasteiger partial charge in [0.25, 0.3) is 0 Å². The highest BCUT2D eigenvalue weighted by Gasteiger charge is 2.18. The number of furan rings is 1. The van der Waals surface area contributed by atoms with E-state index in [2.05, 4.69) is 84.6 Å². The Morgan fingerprint density at radius 3 is 1.80 bits per heavy atom. The molecule has 0 fully saturated rings. The van der Waals surface area contributed by atoms with Gasteiger partial charge in [-0.15, -0.1) is 0 Å². The van der Waals surface area contributed by atoms with Crippen molar-refractivity contribution in [3.05, 3.63) is 102 Å². The lowest BCUT2D eigenvalue weighted by Gasteiger charge is -2.25. The highest BCUT2D eigenvalue weighted by molar-refractivity contribution is 5.92. The van der Waals surface area contributed by atoms with E-state index in [1.54, 1.807) is 0 Å². The topological polar surface area (TPSA) is 16.4 Å². The van der Waals surface area contributed by atoms with Crippen molar-refractivity contribution < 1.29 is 4.42 Å². The van der Waals surface area contributed by atoms with Crippen LogP contribution in [0.4, 0.5) is 5.69 Å². The van der Waals surface area contributed by atoms with Gasteiger partial charge in [-0.3, -0.25) is 0 Å². The largest absolute Gasteiger partial charge is 0.459 e. The van der Waals surface area contributed by atoms with Crippen LogP contribution in [-0.2, 0) is 13.1 Å². The molecule has 4 aromatic rings. The molecule has 0 saturated carbocycles. The number of hydrogen-bond donors (Lipinski definition) is 0. The summed E-state index contributed by atoms with van der Waals surface area (Å²) >= 11 is 0. The molecule has 0 aliphatic rings. The van der Waals surface area contributed by atoms with Gasteiger partial charge in [-0.05, 0) is 30.2 Å². The lowest BCUT2D eigenvalue weighted by molar-refractivity contribution is 0.575. The number of rotatable bonds is 5. The van der Waals surface area contributed by atoms with Crippen LogP contribution in [0.1, 0.15) is 16.9 Å². The summed E-state index contributed by atoms with van der Waals surface area (Å²) in [5.74, 6) is 0.966. The molecule has 0 spiro atoms. The lowest BCUT2D eigenvalue weighted by atomic mass is 10.1. The van der Waals surface area contributed by atoms with Gasteiger partial charge in [-0.2, -0.15) is 0 Å². The van der Waals surface area contributed by atoms with Crippen molar-refractivity contribution >= 4 is 16.7 Å². The van der Waals surface area contributed by atoms with Gasteiger partial charge in [0.15, 0.2) is 0 Å². The molecule has 0 radical (unpaired) electrons. The second-order valence-corrected chi connectivity index (χ2v) is 6.33. The number of hydrogen-bond acceptors (Lipinski definition) is 2. The van der Waals surface area contributed by atoms with Crippen LogP contribution in [0.25, 0.3) is 11.0 Å². The van der Waals surface area contributed by atoms with Crippen molar-refractivity contribution in [2.24, 2.45) is 0 Å². The van der Waals surface area contributed by atoms with Crippen LogP contribution in [-0.4, -0.2) is 0 Å². The van der Waals surface area contributed by atoms with Crippen molar-refractivity contribution in [3.8, 4) is 0 Å². The molecule has 25 heavy (non-hydrogen) atoms. The van der Waals surface area contributed by atoms with Crippen LogP contribution in [0, 0.1) is 6.92 Å². The van der Waals surface area contributed by atoms with E-state index < -0.39 is 0 Å². The van der Waals surface area contributed by atoms with Crippen LogP contribution in [0.2, 0.25) is 0 Å². The molecular weight excluding hydrogens is 306 g/mol. The molecule has 2 nitrogen and oxygen atoms in total. The molecule has 1 aromatic heterocycles. The first-order chi connectivity index (χ1) is 12.3. The third kappa shape index (κ3) is 3.29. The predicted molar refractivity (Wildman–Crippen MR) is 104 cm³/mol. The lowest BCUT2D eigenvalue weighted by Crippen LogP contribution is -2.22. The van der Waals surface area contributed by atoms with E-state index in [0.29, 0.717) is 0 Å². The number of benzene rings is 3. The van der Waals surface area contributed by atoms with Gasteiger partial charge in [0.05, 0.1) is 5.69 Å². The monoisotopic (exact) mass is 327 g/mol. The SMILES string of the molecule is Cc1oc2ccccc2c1N(Cc1ccccc1)Cc1ccccc1. The van der Waals surface area contributed by atoms with Crippen molar-refractivity contribution in [1.29, 1.82) is 0 Å². The van der Waals surface area contributed by atoms with E-state index in [9.17, 15) is 0 Å². The molecular formula is C23H21NO. The fraction of sp³-hybridized carbons (Fsp3) is 0.130.